The molecule has 0 aliphatic heterocycles. The van der Waals surface area contributed by atoms with Crippen LogP contribution in [0.25, 0.3) is 0 Å². The van der Waals surface area contributed by atoms with Crippen LogP contribution in [0.2, 0.25) is 0 Å². The first kappa shape index (κ1) is 24.4. The molecule has 122 valence electrons. The summed E-state index contributed by atoms with van der Waals surface area (Å²) < 4.78 is 0. The Morgan fingerprint density at radius 2 is 1.59 bits per heavy atom. The van der Waals surface area contributed by atoms with E-state index in [2.05, 4.69) is 27.9 Å². The fourth-order valence-electron chi connectivity index (χ4n) is 1.47. The van der Waals surface area contributed by atoms with Crippen molar-refractivity contribution < 1.29 is 66.4 Å². The van der Waals surface area contributed by atoms with Gasteiger partial charge in [0, 0.05) is 38.8 Å². The summed E-state index contributed by atoms with van der Waals surface area (Å²) >= 11 is 0. The molecule has 0 unspecified atom stereocenters. The number of hydrogen-bond donors (Lipinski definition) is 4. The predicted octanol–water partition coefficient (Wildman–Crippen LogP) is -4.04. The molecule has 0 spiro atoms. The van der Waals surface area contributed by atoms with E-state index in [-0.39, 0.29) is 51.4 Å². The molecule has 0 atom stereocenters. The van der Waals surface area contributed by atoms with E-state index in [1.54, 1.807) is 0 Å². The maximum Gasteiger partial charge on any atom is 1.00 e. The number of aliphatic carboxylic acids is 1. The molecule has 0 saturated carbocycles. The monoisotopic (exact) mass is 338 g/mol. The molecule has 22 heavy (non-hydrogen) atoms. The van der Waals surface area contributed by atoms with Crippen LogP contribution in [0.3, 0.4) is 0 Å². The Labute approximate surface area is 175 Å². The van der Waals surface area contributed by atoms with Gasteiger partial charge in [0.1, 0.15) is 0 Å². The molecule has 0 aliphatic rings. The molecule has 0 rings (SSSR count). The molecule has 4 N–H and O–H groups in total. The second-order valence-electron chi connectivity index (χ2n) is 4.50. The summed E-state index contributed by atoms with van der Waals surface area (Å²) in [6, 6.07) is 0. The Morgan fingerprint density at radius 3 is 2.14 bits per heavy atom. The number of hydrogen-bond acceptors (Lipinski definition) is 6. The molecule has 0 aliphatic carbocycles. The first-order chi connectivity index (χ1) is 10.2. The summed E-state index contributed by atoms with van der Waals surface area (Å²) in [6.45, 7) is 7.78. The van der Waals surface area contributed by atoms with Gasteiger partial charge in [-0.2, -0.15) is 0 Å². The fourth-order valence-corrected chi connectivity index (χ4v) is 1.47. The quantitative estimate of drug-likeness (QED) is 0.0844. The second-order valence-corrected chi connectivity index (χ2v) is 4.50. The van der Waals surface area contributed by atoms with Gasteiger partial charge in [-0.1, -0.05) is 13.3 Å². The van der Waals surface area contributed by atoms with Gasteiger partial charge in [-0.15, -0.1) is 0 Å². The van der Waals surface area contributed by atoms with Crippen LogP contribution >= 0.6 is 0 Å². The molecular weight excluding hydrogens is 311 g/mol. The third kappa shape index (κ3) is 20.2. The SMILES string of the molecule is CCCCNCCNCCNCCN=C([O-])/C=C/C(=O)O.[K+]. The van der Waals surface area contributed by atoms with Crippen molar-refractivity contribution in [2.24, 2.45) is 4.99 Å². The maximum atomic E-state index is 11.1. The van der Waals surface area contributed by atoms with Crippen molar-refractivity contribution in [1.82, 2.24) is 16.0 Å². The average molecular weight is 338 g/mol. The molecule has 0 fully saturated rings. The zero-order valence-electron chi connectivity index (χ0n) is 13.7. The molecule has 0 saturated heterocycles. The van der Waals surface area contributed by atoms with Gasteiger partial charge in [0.25, 0.3) is 0 Å². The van der Waals surface area contributed by atoms with Gasteiger partial charge < -0.3 is 26.2 Å². The molecule has 0 aromatic carbocycles. The molecule has 0 bridgehead atoms. The van der Waals surface area contributed by atoms with Crippen molar-refractivity contribution in [2.75, 3.05) is 45.8 Å². The molecule has 8 heteroatoms. The van der Waals surface area contributed by atoms with Gasteiger partial charge in [0.15, 0.2) is 0 Å². The van der Waals surface area contributed by atoms with Crippen LogP contribution in [-0.2, 0) is 4.79 Å². The maximum absolute atomic E-state index is 11.1. The molecule has 0 heterocycles. The first-order valence-electron chi connectivity index (χ1n) is 7.41. The zero-order valence-corrected chi connectivity index (χ0v) is 16.9. The van der Waals surface area contributed by atoms with Crippen LogP contribution in [0.1, 0.15) is 19.8 Å². The Hall–Kier alpha value is 0.196. The van der Waals surface area contributed by atoms with Crippen molar-refractivity contribution in [3.05, 3.63) is 12.2 Å². The third-order valence-corrected chi connectivity index (χ3v) is 2.59. The zero-order chi connectivity index (χ0) is 15.8. The summed E-state index contributed by atoms with van der Waals surface area (Å²) in [6.07, 6.45) is 4.17. The van der Waals surface area contributed by atoms with Crippen molar-refractivity contribution in [3.63, 3.8) is 0 Å². The van der Waals surface area contributed by atoms with E-state index in [0.717, 1.165) is 44.9 Å². The van der Waals surface area contributed by atoms with E-state index in [1.165, 1.54) is 12.8 Å². The van der Waals surface area contributed by atoms with Crippen LogP contribution in [0.15, 0.2) is 17.1 Å². The van der Waals surface area contributed by atoms with Crippen molar-refractivity contribution in [3.8, 4) is 0 Å². The number of carboxylic acid groups (broad SMARTS) is 1. The van der Waals surface area contributed by atoms with Crippen molar-refractivity contribution >= 4 is 11.9 Å². The Bertz CT molecular complexity index is 325. The topological polar surface area (TPSA) is 109 Å². The molecule has 0 radical (unpaired) electrons. The van der Waals surface area contributed by atoms with E-state index in [1.807, 2.05) is 0 Å². The normalized spacial score (nSPS) is 11.6. The van der Waals surface area contributed by atoms with Gasteiger partial charge in [-0.3, -0.25) is 4.99 Å². The third-order valence-electron chi connectivity index (χ3n) is 2.59. The van der Waals surface area contributed by atoms with Gasteiger partial charge in [-0.05, 0) is 24.9 Å². The minimum Gasteiger partial charge on any atom is -0.859 e. The van der Waals surface area contributed by atoms with Crippen LogP contribution < -0.4 is 72.4 Å². The minimum absolute atomic E-state index is 0. The summed E-state index contributed by atoms with van der Waals surface area (Å²) in [4.78, 5) is 13.9. The number of nitrogens with zero attached hydrogens (tertiary/aromatic N) is 1. The second kappa shape index (κ2) is 19.2. The number of carboxylic acids is 1. The van der Waals surface area contributed by atoms with E-state index in [0.29, 0.717) is 13.1 Å². The first-order valence-corrected chi connectivity index (χ1v) is 7.41. The Kier molecular flexibility index (Phi) is 21.4. The van der Waals surface area contributed by atoms with E-state index >= 15 is 0 Å². The number of carbonyl (C=O) groups is 1. The number of rotatable bonds is 14. The van der Waals surface area contributed by atoms with Gasteiger partial charge in [0.05, 0.1) is 6.54 Å². The van der Waals surface area contributed by atoms with E-state index in [4.69, 9.17) is 5.11 Å². The number of nitrogens with one attached hydrogen (secondary N) is 3. The minimum atomic E-state index is -1.15. The standard InChI is InChI=1S/C14H28N4O3.K/c1-2-3-6-15-7-8-16-9-10-17-11-12-18-13(19)4-5-14(20)21;/h4-5,15-17H,2-3,6-12H2,1H3,(H,18,19)(H,20,21);/q;+1/p-1/b5-4+;. The van der Waals surface area contributed by atoms with Crippen molar-refractivity contribution in [1.29, 1.82) is 0 Å². The molecule has 0 aromatic rings. The van der Waals surface area contributed by atoms with Gasteiger partial charge >= 0.3 is 57.4 Å². The molecule has 0 amide bonds. The Morgan fingerprint density at radius 1 is 1.05 bits per heavy atom. The van der Waals surface area contributed by atoms with Crippen LogP contribution in [0.4, 0.5) is 0 Å². The summed E-state index contributed by atoms with van der Waals surface area (Å²) in [5, 5.41) is 29.2. The Balaban J connectivity index is 0. The predicted molar refractivity (Wildman–Crippen MR) is 82.6 cm³/mol. The summed E-state index contributed by atoms with van der Waals surface area (Å²) in [7, 11) is 0. The molecule has 0 aromatic heterocycles. The fraction of sp³-hybridized carbons (Fsp3) is 0.714. The van der Waals surface area contributed by atoms with Gasteiger partial charge in [0.2, 0.25) is 0 Å². The molecular formula is C14H27KN4O3. The summed E-state index contributed by atoms with van der Waals surface area (Å²) in [5.41, 5.74) is 0. The number of unbranched alkanes of at least 4 members (excludes halogenated alkanes) is 1. The summed E-state index contributed by atoms with van der Waals surface area (Å²) in [5.74, 6) is -1.66. The van der Waals surface area contributed by atoms with Crippen molar-refractivity contribution in [2.45, 2.75) is 19.8 Å². The largest absolute Gasteiger partial charge is 1.00 e. The van der Waals surface area contributed by atoms with E-state index < -0.39 is 11.9 Å². The van der Waals surface area contributed by atoms with Crippen LogP contribution in [0, 0.1) is 0 Å². The van der Waals surface area contributed by atoms with Gasteiger partial charge in [-0.25, -0.2) is 4.79 Å². The smallest absolute Gasteiger partial charge is 0.859 e. The average Bonchev–Trinajstić information content (AvgIpc) is 2.46. The molecule has 7 nitrogen and oxygen atoms in total. The van der Waals surface area contributed by atoms with Crippen LogP contribution in [-0.4, -0.2) is 62.8 Å². The van der Waals surface area contributed by atoms with E-state index in [9.17, 15) is 9.90 Å². The number of aliphatic imine (C=N–C) groups is 1. The van der Waals surface area contributed by atoms with Crippen LogP contribution in [0.5, 0.6) is 0 Å².